The number of phosphoric ester groups is 1. The average Bonchev–Trinajstić information content (AvgIpc) is 3.21. The van der Waals surface area contributed by atoms with E-state index in [1.807, 2.05) is 45.4 Å². The van der Waals surface area contributed by atoms with E-state index in [0.29, 0.717) is 17.4 Å². The molecule has 0 rings (SSSR count). The largest absolute Gasteiger partial charge is 0.756 e. The van der Waals surface area contributed by atoms with Gasteiger partial charge >= 0.3 is 11.9 Å². The number of hydrogen-bond donors (Lipinski definition) is 0. The molecule has 0 fully saturated rings. The molecule has 0 spiro atoms. The van der Waals surface area contributed by atoms with Gasteiger partial charge in [0.2, 0.25) is 0 Å². The van der Waals surface area contributed by atoms with Crippen molar-refractivity contribution in [3.8, 4) is 0 Å². The highest BCUT2D eigenvalue weighted by Gasteiger charge is 2.21. The van der Waals surface area contributed by atoms with Gasteiger partial charge in [0.25, 0.3) is 7.82 Å². The minimum absolute atomic E-state index is 0.0863. The summed E-state index contributed by atoms with van der Waals surface area (Å²) in [5.41, 5.74) is 0. The van der Waals surface area contributed by atoms with Gasteiger partial charge in [-0.25, -0.2) is 0 Å². The fourth-order valence-electron chi connectivity index (χ4n) is 5.18. The zero-order chi connectivity index (χ0) is 45.1. The van der Waals surface area contributed by atoms with E-state index in [1.165, 1.54) is 51.0 Å². The minimum Gasteiger partial charge on any atom is -0.756 e. The van der Waals surface area contributed by atoms with Crippen LogP contribution >= 0.6 is 7.82 Å². The number of carbonyl (C=O) groups excluding carboxylic acids is 3. The number of ketones is 1. The van der Waals surface area contributed by atoms with Crippen molar-refractivity contribution in [3.63, 3.8) is 0 Å². The van der Waals surface area contributed by atoms with Crippen molar-refractivity contribution in [3.05, 3.63) is 109 Å². The fraction of sp³-hybridized carbons (Fsp3) is 0.580. The minimum atomic E-state index is -4.72. The molecule has 0 saturated carbocycles. The zero-order valence-corrected chi connectivity index (χ0v) is 39.2. The van der Waals surface area contributed by atoms with Crippen molar-refractivity contribution >= 4 is 25.5 Å². The van der Waals surface area contributed by atoms with Crippen LogP contribution in [0.1, 0.15) is 136 Å². The van der Waals surface area contributed by atoms with Gasteiger partial charge in [-0.05, 0) is 83.1 Å². The Kier molecular flexibility index (Phi) is 38.0. The van der Waals surface area contributed by atoms with Gasteiger partial charge in [-0.3, -0.25) is 18.9 Å². The number of allylic oxidation sites excluding steroid dienone is 18. The summed E-state index contributed by atoms with van der Waals surface area (Å²) in [4.78, 5) is 49.8. The highest BCUT2D eigenvalue weighted by atomic mass is 31.2. The van der Waals surface area contributed by atoms with Crippen LogP contribution in [0.2, 0.25) is 0 Å². The first kappa shape index (κ1) is 57.3. The second kappa shape index (κ2) is 40.4. The molecule has 0 heterocycles. The molecule has 0 aromatic heterocycles. The number of esters is 2. The van der Waals surface area contributed by atoms with Crippen molar-refractivity contribution in [2.45, 2.75) is 142 Å². The van der Waals surface area contributed by atoms with E-state index in [0.717, 1.165) is 44.9 Å². The highest BCUT2D eigenvalue weighted by molar-refractivity contribution is 7.45. The molecule has 0 aliphatic heterocycles. The fourth-order valence-corrected chi connectivity index (χ4v) is 5.91. The lowest BCUT2D eigenvalue weighted by Crippen LogP contribution is -2.37. The smallest absolute Gasteiger partial charge is 0.306 e. The molecule has 61 heavy (non-hydrogen) atoms. The summed E-state index contributed by atoms with van der Waals surface area (Å²) >= 11 is 0. The van der Waals surface area contributed by atoms with Crippen LogP contribution in [0, 0.1) is 0 Å². The van der Waals surface area contributed by atoms with E-state index in [2.05, 4.69) is 86.8 Å². The molecule has 1 unspecified atom stereocenters. The molecule has 0 aromatic carbocycles. The van der Waals surface area contributed by atoms with Crippen molar-refractivity contribution < 1.29 is 46.8 Å². The summed E-state index contributed by atoms with van der Waals surface area (Å²) < 4.78 is 33.6. The van der Waals surface area contributed by atoms with Gasteiger partial charge in [0.15, 0.2) is 11.9 Å². The Bertz CT molecular complexity index is 1460. The number of nitrogens with zero attached hydrogens (tertiary/aromatic N) is 1. The number of rotatable bonds is 39. The molecule has 0 aliphatic rings. The van der Waals surface area contributed by atoms with Crippen molar-refractivity contribution in [1.82, 2.24) is 0 Å². The topological polar surface area (TPSA) is 128 Å². The Morgan fingerprint density at radius 3 is 1.56 bits per heavy atom. The van der Waals surface area contributed by atoms with Gasteiger partial charge in [-0.2, -0.15) is 0 Å². The molecule has 2 atom stereocenters. The quantitative estimate of drug-likeness (QED) is 0.0113. The molecule has 0 radical (unpaired) electrons. The molecule has 0 saturated heterocycles. The molecule has 344 valence electrons. The Morgan fingerprint density at radius 2 is 1.05 bits per heavy atom. The first-order valence-electron chi connectivity index (χ1n) is 22.5. The second-order valence-corrected chi connectivity index (χ2v) is 17.1. The summed E-state index contributed by atoms with van der Waals surface area (Å²) in [5, 5.41) is 0. The second-order valence-electron chi connectivity index (χ2n) is 15.7. The number of hydrogen-bond acceptors (Lipinski definition) is 9. The predicted molar refractivity (Wildman–Crippen MR) is 250 cm³/mol. The van der Waals surface area contributed by atoms with Gasteiger partial charge in [-0.15, -0.1) is 0 Å². The zero-order valence-electron chi connectivity index (χ0n) is 38.3. The van der Waals surface area contributed by atoms with E-state index in [1.54, 1.807) is 6.08 Å². The number of unbranched alkanes of at least 4 members (excludes halogenated alkanes) is 6. The average molecular weight is 870 g/mol. The van der Waals surface area contributed by atoms with Gasteiger partial charge in [0, 0.05) is 19.3 Å². The van der Waals surface area contributed by atoms with Gasteiger partial charge < -0.3 is 27.9 Å². The van der Waals surface area contributed by atoms with E-state index < -0.39 is 39.1 Å². The Hall–Kier alpha value is -3.66. The third kappa shape index (κ3) is 44.2. The summed E-state index contributed by atoms with van der Waals surface area (Å²) in [6.07, 6.45) is 51.4. The number of phosphoric acid groups is 1. The molecule has 0 amide bonds. The SMILES string of the molecule is CCCCC/C=C\C/C=C\C/C=C\C=C\C(=O)CCCC(=O)O[C@H](COC(=O)CC/C=C\C/C=C\C/C=C\C/C=C\C/C=C\CCCCC)COP(=O)([O-])OCC[N+](C)(C)C. The van der Waals surface area contributed by atoms with Crippen molar-refractivity contribution in [1.29, 1.82) is 0 Å². The Balaban J connectivity index is 4.69. The van der Waals surface area contributed by atoms with Crippen LogP contribution in [-0.2, 0) is 37.5 Å². The summed E-state index contributed by atoms with van der Waals surface area (Å²) in [7, 11) is 0.962. The van der Waals surface area contributed by atoms with Crippen LogP contribution in [0.25, 0.3) is 0 Å². The summed E-state index contributed by atoms with van der Waals surface area (Å²) in [6, 6.07) is 0. The number of likely N-dealkylation sites (N-methyl/N-ethyl adjacent to an activating group) is 1. The highest BCUT2D eigenvalue weighted by Crippen LogP contribution is 2.38. The number of quaternary nitrogens is 1. The van der Waals surface area contributed by atoms with E-state index in [-0.39, 0.29) is 38.1 Å². The lowest BCUT2D eigenvalue weighted by Gasteiger charge is -2.28. The van der Waals surface area contributed by atoms with Crippen LogP contribution in [0.5, 0.6) is 0 Å². The standard InChI is InChI=1S/C50H80NO9P/c1-6-8-10-12-14-16-18-20-21-22-23-24-25-27-29-31-33-35-37-41-49(53)57-45-48(46-59-61(55,56)58-44-43-51(3,4)5)60-50(54)42-38-40-47(52)39-36-34-32-30-28-26-19-17-15-13-11-9-7-2/h14-17,20-21,23-24,26-29,32-36,39,48H,6-13,18-19,22,25,30-31,37-38,40-46H2,1-5H3/b16-14-,17-15-,21-20-,24-23-,28-26-,29-27-,34-32-,35-33-,39-36+/t48-/m1/s1. The monoisotopic (exact) mass is 870 g/mol. The van der Waals surface area contributed by atoms with Crippen LogP contribution in [0.3, 0.4) is 0 Å². The molecular weight excluding hydrogens is 790 g/mol. The third-order valence-electron chi connectivity index (χ3n) is 8.76. The maximum absolute atomic E-state index is 12.7. The van der Waals surface area contributed by atoms with E-state index in [4.69, 9.17) is 18.5 Å². The molecule has 0 bridgehead atoms. The number of ether oxygens (including phenoxy) is 2. The molecule has 11 heteroatoms. The Labute approximate surface area is 370 Å². The van der Waals surface area contributed by atoms with Gasteiger partial charge in [-0.1, -0.05) is 143 Å². The molecule has 0 N–H and O–H groups in total. The molecule has 0 aliphatic carbocycles. The molecular formula is C50H80NO9P. The molecule has 10 nitrogen and oxygen atoms in total. The van der Waals surface area contributed by atoms with Gasteiger partial charge in [0.1, 0.15) is 19.8 Å². The Morgan fingerprint density at radius 1 is 0.557 bits per heavy atom. The van der Waals surface area contributed by atoms with Gasteiger partial charge in [0.05, 0.1) is 27.7 Å². The lowest BCUT2D eigenvalue weighted by atomic mass is 10.1. The van der Waals surface area contributed by atoms with Crippen LogP contribution < -0.4 is 4.89 Å². The lowest BCUT2D eigenvalue weighted by molar-refractivity contribution is -0.870. The first-order chi connectivity index (χ1) is 29.4. The normalized spacial score (nSPS) is 14.5. The van der Waals surface area contributed by atoms with E-state index in [9.17, 15) is 23.8 Å². The van der Waals surface area contributed by atoms with Crippen LogP contribution in [0.15, 0.2) is 109 Å². The molecule has 0 aromatic rings. The predicted octanol–water partition coefficient (Wildman–Crippen LogP) is 11.7. The van der Waals surface area contributed by atoms with E-state index >= 15 is 0 Å². The maximum atomic E-state index is 12.7. The van der Waals surface area contributed by atoms with Crippen molar-refractivity contribution in [2.75, 3.05) is 47.5 Å². The van der Waals surface area contributed by atoms with Crippen LogP contribution in [0.4, 0.5) is 0 Å². The van der Waals surface area contributed by atoms with Crippen LogP contribution in [-0.4, -0.2) is 75.8 Å². The van der Waals surface area contributed by atoms with Crippen molar-refractivity contribution in [2.24, 2.45) is 0 Å². The third-order valence-corrected chi connectivity index (χ3v) is 9.72. The summed E-state index contributed by atoms with van der Waals surface area (Å²) in [6.45, 7) is 3.77. The first-order valence-corrected chi connectivity index (χ1v) is 24.0. The maximum Gasteiger partial charge on any atom is 0.306 e. The number of carbonyl (C=O) groups is 3. The summed E-state index contributed by atoms with van der Waals surface area (Å²) in [5.74, 6) is -1.34.